The van der Waals surface area contributed by atoms with E-state index in [2.05, 4.69) is 29.1 Å². The van der Waals surface area contributed by atoms with E-state index in [0.717, 1.165) is 22.8 Å². The number of aliphatic hydroxyl groups excluding tert-OH is 1. The molecule has 4 nitrogen and oxygen atoms in total. The van der Waals surface area contributed by atoms with Crippen LogP contribution in [-0.4, -0.2) is 27.7 Å². The van der Waals surface area contributed by atoms with Crippen molar-refractivity contribution in [2.24, 2.45) is 5.92 Å². The lowest BCUT2D eigenvalue weighted by molar-refractivity contribution is 0.223. The van der Waals surface area contributed by atoms with Crippen LogP contribution in [0.2, 0.25) is 0 Å². The minimum Gasteiger partial charge on any atom is -0.395 e. The fourth-order valence-corrected chi connectivity index (χ4v) is 2.83. The molecule has 0 amide bonds. The number of aromatic nitrogens is 2. The summed E-state index contributed by atoms with van der Waals surface area (Å²) in [7, 11) is 0. The van der Waals surface area contributed by atoms with Crippen molar-refractivity contribution in [1.82, 2.24) is 15.3 Å². The summed E-state index contributed by atoms with van der Waals surface area (Å²) < 4.78 is 0. The Kier molecular flexibility index (Phi) is 5.64. The van der Waals surface area contributed by atoms with Crippen LogP contribution in [0.15, 0.2) is 29.8 Å². The molecule has 0 saturated heterocycles. The summed E-state index contributed by atoms with van der Waals surface area (Å²) in [6.07, 6.45) is 2.74. The summed E-state index contributed by atoms with van der Waals surface area (Å²) in [6, 6.07) is 5.96. The van der Waals surface area contributed by atoms with Gasteiger partial charge < -0.3 is 10.4 Å². The highest BCUT2D eigenvalue weighted by Crippen LogP contribution is 2.21. The maximum atomic E-state index is 9.35. The fourth-order valence-electron chi connectivity index (χ4n) is 2.04. The highest BCUT2D eigenvalue weighted by atomic mass is 32.1. The molecule has 0 aliphatic heterocycles. The molecule has 108 valence electrons. The van der Waals surface area contributed by atoms with E-state index in [1.807, 2.05) is 23.6 Å². The maximum absolute atomic E-state index is 9.35. The van der Waals surface area contributed by atoms with Crippen LogP contribution in [0.5, 0.6) is 0 Å². The lowest BCUT2D eigenvalue weighted by atomic mass is 10.0. The number of aliphatic hydroxyl groups is 1. The molecule has 5 heteroatoms. The zero-order valence-corrected chi connectivity index (χ0v) is 12.7. The molecule has 0 saturated carbocycles. The Morgan fingerprint density at radius 1 is 1.35 bits per heavy atom. The maximum Gasteiger partial charge on any atom is 0.142 e. The lowest BCUT2D eigenvalue weighted by Crippen LogP contribution is -2.33. The average Bonchev–Trinajstić information content (AvgIpc) is 2.93. The van der Waals surface area contributed by atoms with E-state index < -0.39 is 0 Å². The van der Waals surface area contributed by atoms with Gasteiger partial charge in [-0.1, -0.05) is 19.9 Å². The predicted molar refractivity (Wildman–Crippen MR) is 82.5 cm³/mol. The molecule has 2 N–H and O–H groups in total. The smallest absolute Gasteiger partial charge is 0.142 e. The monoisotopic (exact) mass is 291 g/mol. The van der Waals surface area contributed by atoms with Crippen molar-refractivity contribution in [2.75, 3.05) is 6.61 Å². The van der Waals surface area contributed by atoms with Crippen molar-refractivity contribution in [3.05, 3.63) is 35.5 Å². The van der Waals surface area contributed by atoms with Crippen molar-refractivity contribution in [3.8, 4) is 10.7 Å². The van der Waals surface area contributed by atoms with E-state index in [1.54, 1.807) is 17.5 Å². The Morgan fingerprint density at radius 3 is 2.85 bits per heavy atom. The number of nitrogens with one attached hydrogen (secondary N) is 1. The first-order valence-electron chi connectivity index (χ1n) is 6.89. The molecule has 2 aromatic heterocycles. The highest BCUT2D eigenvalue weighted by molar-refractivity contribution is 7.13. The molecule has 2 heterocycles. The topological polar surface area (TPSA) is 58.0 Å². The van der Waals surface area contributed by atoms with Crippen molar-refractivity contribution in [2.45, 2.75) is 32.9 Å². The molecule has 0 radical (unpaired) electrons. The van der Waals surface area contributed by atoms with Crippen LogP contribution in [0, 0.1) is 5.92 Å². The summed E-state index contributed by atoms with van der Waals surface area (Å²) in [5.41, 5.74) is 1.91. The van der Waals surface area contributed by atoms with Crippen molar-refractivity contribution < 1.29 is 5.11 Å². The molecular weight excluding hydrogens is 270 g/mol. The van der Waals surface area contributed by atoms with Gasteiger partial charge in [-0.15, -0.1) is 11.3 Å². The zero-order valence-electron chi connectivity index (χ0n) is 11.9. The van der Waals surface area contributed by atoms with Gasteiger partial charge in [0.1, 0.15) is 5.01 Å². The van der Waals surface area contributed by atoms with Crippen molar-refractivity contribution in [3.63, 3.8) is 0 Å². The lowest BCUT2D eigenvalue weighted by Gasteiger charge is -2.17. The summed E-state index contributed by atoms with van der Waals surface area (Å²) in [4.78, 5) is 8.88. The van der Waals surface area contributed by atoms with Crippen LogP contribution in [0.3, 0.4) is 0 Å². The molecule has 1 atom stereocenters. The van der Waals surface area contributed by atoms with Crippen molar-refractivity contribution in [1.29, 1.82) is 0 Å². The van der Waals surface area contributed by atoms with Gasteiger partial charge in [-0.2, -0.15) is 0 Å². The normalized spacial score (nSPS) is 12.8. The van der Waals surface area contributed by atoms with Crippen LogP contribution < -0.4 is 5.32 Å². The molecule has 0 aromatic carbocycles. The number of hydrogen-bond acceptors (Lipinski definition) is 5. The Morgan fingerprint density at radius 2 is 2.20 bits per heavy atom. The van der Waals surface area contributed by atoms with Crippen LogP contribution in [0.4, 0.5) is 0 Å². The molecule has 0 spiro atoms. The van der Waals surface area contributed by atoms with Gasteiger partial charge >= 0.3 is 0 Å². The average molecular weight is 291 g/mol. The minimum absolute atomic E-state index is 0.134. The predicted octanol–water partition coefficient (Wildman–Crippen LogP) is 2.70. The Hall–Kier alpha value is -1.30. The quantitative estimate of drug-likeness (QED) is 0.823. The SMILES string of the molecule is CC(C)CC(CO)NCc1csc(-c2ccccn2)n1. The third-order valence-electron chi connectivity index (χ3n) is 2.98. The summed E-state index contributed by atoms with van der Waals surface area (Å²) in [6.45, 7) is 5.16. The highest BCUT2D eigenvalue weighted by Gasteiger charge is 2.11. The van der Waals surface area contributed by atoms with E-state index >= 15 is 0 Å². The van der Waals surface area contributed by atoms with Gasteiger partial charge in [0, 0.05) is 24.2 Å². The second kappa shape index (κ2) is 7.47. The number of thiazole rings is 1. The van der Waals surface area contributed by atoms with Gasteiger partial charge in [0.2, 0.25) is 0 Å². The third kappa shape index (κ3) is 4.37. The first kappa shape index (κ1) is 15.1. The largest absolute Gasteiger partial charge is 0.395 e. The minimum atomic E-state index is 0.134. The van der Waals surface area contributed by atoms with Crippen LogP contribution >= 0.6 is 11.3 Å². The van der Waals surface area contributed by atoms with Crippen LogP contribution in [-0.2, 0) is 6.54 Å². The van der Waals surface area contributed by atoms with Gasteiger partial charge in [0.05, 0.1) is 18.0 Å². The zero-order chi connectivity index (χ0) is 14.4. The molecule has 0 bridgehead atoms. The van der Waals surface area contributed by atoms with E-state index in [1.165, 1.54) is 0 Å². The van der Waals surface area contributed by atoms with E-state index in [0.29, 0.717) is 12.5 Å². The summed E-state index contributed by atoms with van der Waals surface area (Å²) in [5, 5.41) is 15.7. The molecule has 0 aliphatic carbocycles. The van der Waals surface area contributed by atoms with Gasteiger partial charge in [-0.3, -0.25) is 4.98 Å². The number of pyridine rings is 1. The van der Waals surface area contributed by atoms with Crippen LogP contribution in [0.25, 0.3) is 10.7 Å². The second-order valence-corrected chi connectivity index (χ2v) is 6.11. The molecule has 2 rings (SSSR count). The first-order chi connectivity index (χ1) is 9.69. The molecular formula is C15H21N3OS. The number of hydrogen-bond donors (Lipinski definition) is 2. The molecule has 1 unspecified atom stereocenters. The van der Waals surface area contributed by atoms with Crippen molar-refractivity contribution >= 4 is 11.3 Å². The first-order valence-corrected chi connectivity index (χ1v) is 7.77. The molecule has 20 heavy (non-hydrogen) atoms. The van der Waals surface area contributed by atoms with E-state index in [9.17, 15) is 5.11 Å². The molecule has 0 fully saturated rings. The third-order valence-corrected chi connectivity index (χ3v) is 3.90. The van der Waals surface area contributed by atoms with Crippen LogP contribution in [0.1, 0.15) is 26.0 Å². The van der Waals surface area contributed by atoms with Gasteiger partial charge in [0.15, 0.2) is 0 Å². The number of nitrogens with zero attached hydrogens (tertiary/aromatic N) is 2. The number of rotatable bonds is 7. The fraction of sp³-hybridized carbons (Fsp3) is 0.467. The molecule has 2 aromatic rings. The van der Waals surface area contributed by atoms with E-state index in [4.69, 9.17) is 0 Å². The Labute approximate surface area is 123 Å². The van der Waals surface area contributed by atoms with Gasteiger partial charge in [0.25, 0.3) is 0 Å². The molecule has 0 aliphatic rings. The van der Waals surface area contributed by atoms with Gasteiger partial charge in [-0.05, 0) is 24.5 Å². The summed E-state index contributed by atoms with van der Waals surface area (Å²) in [5.74, 6) is 0.569. The van der Waals surface area contributed by atoms with Gasteiger partial charge in [-0.25, -0.2) is 4.98 Å². The Bertz CT molecular complexity index is 513. The van der Waals surface area contributed by atoms with E-state index in [-0.39, 0.29) is 12.6 Å². The standard InChI is InChI=1S/C15H21N3OS/c1-11(2)7-12(9-19)17-8-13-10-20-15(18-13)14-5-3-4-6-16-14/h3-6,10-12,17,19H,7-9H2,1-2H3. The second-order valence-electron chi connectivity index (χ2n) is 5.25. The summed E-state index contributed by atoms with van der Waals surface area (Å²) >= 11 is 1.60. The Balaban J connectivity index is 1.93.